The first-order chi connectivity index (χ1) is 11.3. The van der Waals surface area contributed by atoms with Crippen LogP contribution < -0.4 is 10.1 Å². The summed E-state index contributed by atoms with van der Waals surface area (Å²) in [5, 5.41) is 2.66. The molecule has 0 unspecified atom stereocenters. The normalized spacial score (nSPS) is 11.7. The average molecular weight is 420 g/mol. The summed E-state index contributed by atoms with van der Waals surface area (Å²) in [4.78, 5) is 12.7. The molecule has 128 valence electrons. The number of rotatable bonds is 6. The number of ether oxygens (including phenoxy) is 1. The lowest BCUT2D eigenvalue weighted by Crippen LogP contribution is -2.21. The van der Waals surface area contributed by atoms with Crippen LogP contribution in [0, 0.1) is 0 Å². The van der Waals surface area contributed by atoms with Crippen LogP contribution in [0.4, 0.5) is 13.2 Å². The van der Waals surface area contributed by atoms with Gasteiger partial charge in [-0.05, 0) is 51.8 Å². The molecule has 0 aliphatic heterocycles. The molecular weight excluding hydrogens is 407 g/mol. The first kappa shape index (κ1) is 18.5. The summed E-state index contributed by atoms with van der Waals surface area (Å²) in [6.45, 7) is -1.15. The zero-order valence-electron chi connectivity index (χ0n) is 12.3. The van der Waals surface area contributed by atoms with Crippen LogP contribution in [0.25, 0.3) is 6.08 Å². The van der Waals surface area contributed by atoms with Gasteiger partial charge in [0.25, 0.3) is 0 Å². The number of carbonyl (C=O) groups is 1. The third-order valence-corrected chi connectivity index (χ3v) is 4.35. The number of halogens is 4. The Morgan fingerprint density at radius 1 is 1.29 bits per heavy atom. The fourth-order valence-electron chi connectivity index (χ4n) is 1.73. The van der Waals surface area contributed by atoms with Crippen molar-refractivity contribution in [3.8, 4) is 5.75 Å². The van der Waals surface area contributed by atoms with E-state index >= 15 is 0 Å². The van der Waals surface area contributed by atoms with Gasteiger partial charge in [-0.25, -0.2) is 0 Å². The average Bonchev–Trinajstić information content (AvgIpc) is 2.94. The van der Waals surface area contributed by atoms with Gasteiger partial charge in [0.05, 0.1) is 3.79 Å². The summed E-state index contributed by atoms with van der Waals surface area (Å²) in [6.07, 6.45) is -1.29. The Hall–Kier alpha value is -1.80. The van der Waals surface area contributed by atoms with Crippen LogP contribution >= 0.6 is 27.3 Å². The second-order valence-corrected chi connectivity index (χ2v) is 7.24. The van der Waals surface area contributed by atoms with Gasteiger partial charge in [0, 0.05) is 17.5 Å². The summed E-state index contributed by atoms with van der Waals surface area (Å²) in [6, 6.07) is 9.93. The number of amides is 1. The van der Waals surface area contributed by atoms with E-state index in [0.717, 1.165) is 8.66 Å². The molecular formula is C16H13BrF3NO2S. The van der Waals surface area contributed by atoms with Crippen molar-refractivity contribution in [2.75, 3.05) is 6.61 Å². The smallest absolute Gasteiger partial charge is 0.422 e. The second kappa shape index (κ2) is 8.34. The van der Waals surface area contributed by atoms with E-state index in [1.165, 1.54) is 29.5 Å². The maximum Gasteiger partial charge on any atom is 0.422 e. The number of carbonyl (C=O) groups excluding carboxylic acids is 1. The van der Waals surface area contributed by atoms with Crippen LogP contribution in [0.2, 0.25) is 0 Å². The fourth-order valence-corrected chi connectivity index (χ4v) is 3.06. The maximum absolute atomic E-state index is 12.1. The Labute approximate surface area is 149 Å². The van der Waals surface area contributed by atoms with E-state index in [0.29, 0.717) is 5.56 Å². The van der Waals surface area contributed by atoms with E-state index < -0.39 is 12.8 Å². The molecule has 0 fully saturated rings. The molecule has 1 aromatic carbocycles. The van der Waals surface area contributed by atoms with Gasteiger partial charge in [-0.3, -0.25) is 4.79 Å². The highest BCUT2D eigenvalue weighted by atomic mass is 79.9. The minimum absolute atomic E-state index is 0.109. The maximum atomic E-state index is 12.1. The van der Waals surface area contributed by atoms with Gasteiger partial charge in [-0.15, -0.1) is 11.3 Å². The van der Waals surface area contributed by atoms with Crippen molar-refractivity contribution in [1.29, 1.82) is 0 Å². The minimum Gasteiger partial charge on any atom is -0.484 e. The van der Waals surface area contributed by atoms with Crippen molar-refractivity contribution in [1.82, 2.24) is 5.32 Å². The van der Waals surface area contributed by atoms with E-state index in [2.05, 4.69) is 26.0 Å². The number of thiophene rings is 1. The Morgan fingerprint density at radius 2 is 2.08 bits per heavy atom. The van der Waals surface area contributed by atoms with E-state index in [4.69, 9.17) is 0 Å². The molecule has 0 bridgehead atoms. The van der Waals surface area contributed by atoms with Crippen LogP contribution in [-0.4, -0.2) is 18.7 Å². The lowest BCUT2D eigenvalue weighted by atomic mass is 10.2. The number of benzene rings is 1. The molecule has 0 saturated carbocycles. The largest absolute Gasteiger partial charge is 0.484 e. The highest BCUT2D eigenvalue weighted by molar-refractivity contribution is 9.11. The molecule has 1 amide bonds. The highest BCUT2D eigenvalue weighted by Crippen LogP contribution is 2.23. The van der Waals surface area contributed by atoms with Crippen LogP contribution in [0.15, 0.2) is 46.3 Å². The summed E-state index contributed by atoms with van der Waals surface area (Å²) >= 11 is 4.83. The predicted molar refractivity (Wildman–Crippen MR) is 90.9 cm³/mol. The van der Waals surface area contributed by atoms with Gasteiger partial charge < -0.3 is 10.1 Å². The van der Waals surface area contributed by atoms with E-state index in [-0.39, 0.29) is 18.2 Å². The highest BCUT2D eigenvalue weighted by Gasteiger charge is 2.28. The molecule has 8 heteroatoms. The Balaban J connectivity index is 1.85. The van der Waals surface area contributed by atoms with Crippen molar-refractivity contribution < 1.29 is 22.7 Å². The SMILES string of the molecule is O=C(/C=C/c1ccc(Br)s1)NCc1cccc(OCC(F)(F)F)c1. The molecule has 1 aromatic heterocycles. The number of hydrogen-bond acceptors (Lipinski definition) is 3. The van der Waals surface area contributed by atoms with E-state index in [9.17, 15) is 18.0 Å². The first-order valence-corrected chi connectivity index (χ1v) is 8.42. The topological polar surface area (TPSA) is 38.3 Å². The Kier molecular flexibility index (Phi) is 6.44. The Morgan fingerprint density at radius 3 is 2.75 bits per heavy atom. The zero-order chi connectivity index (χ0) is 17.6. The third-order valence-electron chi connectivity index (χ3n) is 2.76. The molecule has 0 saturated heterocycles. The lowest BCUT2D eigenvalue weighted by Gasteiger charge is -2.10. The molecule has 0 aliphatic carbocycles. The lowest BCUT2D eigenvalue weighted by molar-refractivity contribution is -0.153. The minimum atomic E-state index is -4.38. The first-order valence-electron chi connectivity index (χ1n) is 6.81. The van der Waals surface area contributed by atoms with Crippen molar-refractivity contribution in [3.05, 3.63) is 56.7 Å². The number of nitrogens with one attached hydrogen (secondary N) is 1. The number of alkyl halides is 3. The number of hydrogen-bond donors (Lipinski definition) is 1. The Bertz CT molecular complexity index is 728. The van der Waals surface area contributed by atoms with Crippen LogP contribution in [0.3, 0.4) is 0 Å². The van der Waals surface area contributed by atoms with E-state index in [1.54, 1.807) is 18.2 Å². The molecule has 0 atom stereocenters. The van der Waals surface area contributed by atoms with Gasteiger partial charge in [0.1, 0.15) is 5.75 Å². The predicted octanol–water partition coefficient (Wildman–Crippen LogP) is 4.78. The van der Waals surface area contributed by atoms with Gasteiger partial charge >= 0.3 is 6.18 Å². The van der Waals surface area contributed by atoms with Crippen molar-refractivity contribution in [2.24, 2.45) is 0 Å². The molecule has 1 heterocycles. The monoisotopic (exact) mass is 419 g/mol. The molecule has 24 heavy (non-hydrogen) atoms. The van der Waals surface area contributed by atoms with Crippen molar-refractivity contribution >= 4 is 39.2 Å². The molecule has 0 radical (unpaired) electrons. The van der Waals surface area contributed by atoms with Gasteiger partial charge in [-0.2, -0.15) is 13.2 Å². The molecule has 3 nitrogen and oxygen atoms in total. The third kappa shape index (κ3) is 6.76. The van der Waals surface area contributed by atoms with Crippen molar-refractivity contribution in [2.45, 2.75) is 12.7 Å². The molecule has 1 N–H and O–H groups in total. The molecule has 2 rings (SSSR count). The van der Waals surface area contributed by atoms with Crippen LogP contribution in [-0.2, 0) is 11.3 Å². The van der Waals surface area contributed by atoms with Crippen LogP contribution in [0.1, 0.15) is 10.4 Å². The molecule has 2 aromatic rings. The van der Waals surface area contributed by atoms with Crippen LogP contribution in [0.5, 0.6) is 5.75 Å². The standard InChI is InChI=1S/C16H13BrF3NO2S/c17-14-6-4-13(24-14)5-7-15(22)21-9-11-2-1-3-12(8-11)23-10-16(18,19)20/h1-8H,9-10H2,(H,21,22)/b7-5+. The van der Waals surface area contributed by atoms with Crippen molar-refractivity contribution in [3.63, 3.8) is 0 Å². The van der Waals surface area contributed by atoms with Gasteiger partial charge in [-0.1, -0.05) is 12.1 Å². The summed E-state index contributed by atoms with van der Waals surface area (Å²) < 4.78 is 42.0. The van der Waals surface area contributed by atoms with E-state index in [1.807, 2.05) is 12.1 Å². The summed E-state index contributed by atoms with van der Waals surface area (Å²) in [5.74, 6) is -0.181. The quantitative estimate of drug-likeness (QED) is 0.684. The molecule has 0 aliphatic rings. The summed E-state index contributed by atoms with van der Waals surface area (Å²) in [7, 11) is 0. The van der Waals surface area contributed by atoms with Gasteiger partial charge in [0.15, 0.2) is 6.61 Å². The van der Waals surface area contributed by atoms with Gasteiger partial charge in [0.2, 0.25) is 5.91 Å². The fraction of sp³-hybridized carbons (Fsp3) is 0.188. The molecule has 0 spiro atoms. The zero-order valence-corrected chi connectivity index (χ0v) is 14.7. The second-order valence-electron chi connectivity index (χ2n) is 4.74. The summed E-state index contributed by atoms with van der Waals surface area (Å²) in [5.41, 5.74) is 0.648.